The summed E-state index contributed by atoms with van der Waals surface area (Å²) in [6.45, 7) is 2.26. The van der Waals surface area contributed by atoms with E-state index in [1.54, 1.807) is 42.0 Å². The van der Waals surface area contributed by atoms with Gasteiger partial charge < -0.3 is 15.0 Å². The van der Waals surface area contributed by atoms with E-state index in [4.69, 9.17) is 4.74 Å². The summed E-state index contributed by atoms with van der Waals surface area (Å²) < 4.78 is 32.9. The normalized spacial score (nSPS) is 18.5. The first kappa shape index (κ1) is 20.5. The molecule has 9 heteroatoms. The van der Waals surface area contributed by atoms with Gasteiger partial charge in [-0.25, -0.2) is 18.4 Å². The number of benzene rings is 1. The van der Waals surface area contributed by atoms with Crippen molar-refractivity contribution in [1.82, 2.24) is 19.6 Å². The number of rotatable bonds is 6. The zero-order valence-electron chi connectivity index (χ0n) is 16.5. The molecule has 8 nitrogen and oxygen atoms in total. The van der Waals surface area contributed by atoms with Crippen LogP contribution in [0.15, 0.2) is 41.6 Å². The van der Waals surface area contributed by atoms with Gasteiger partial charge in [0.1, 0.15) is 17.9 Å². The molecule has 3 rings (SSSR count). The molecule has 0 spiro atoms. The molecule has 0 radical (unpaired) electrons. The van der Waals surface area contributed by atoms with Gasteiger partial charge >= 0.3 is 0 Å². The summed E-state index contributed by atoms with van der Waals surface area (Å²) in [4.78, 5) is 10.8. The largest absolute Gasteiger partial charge is 0.497 e. The molecule has 1 aliphatic heterocycles. The number of ether oxygens (including phenoxy) is 1. The average molecular weight is 406 g/mol. The maximum absolute atomic E-state index is 13.1. The molecule has 1 N–H and O–H groups in total. The lowest BCUT2D eigenvalue weighted by atomic mass is 10.0. The molecule has 1 aromatic heterocycles. The molecule has 1 atom stereocenters. The Hall–Kier alpha value is -2.23. The van der Waals surface area contributed by atoms with Crippen molar-refractivity contribution in [3.8, 4) is 5.75 Å². The van der Waals surface area contributed by atoms with Crippen molar-refractivity contribution in [1.29, 1.82) is 0 Å². The lowest BCUT2D eigenvalue weighted by Crippen LogP contribution is -2.36. The van der Waals surface area contributed by atoms with E-state index in [-0.39, 0.29) is 10.8 Å². The highest BCUT2D eigenvalue weighted by atomic mass is 32.2. The van der Waals surface area contributed by atoms with Gasteiger partial charge in [0.05, 0.1) is 12.0 Å². The smallest absolute Gasteiger partial charge is 0.243 e. The van der Waals surface area contributed by atoms with Gasteiger partial charge in [0.25, 0.3) is 0 Å². The predicted molar refractivity (Wildman–Crippen MR) is 108 cm³/mol. The molecule has 1 fully saturated rings. The van der Waals surface area contributed by atoms with Crippen LogP contribution in [0.3, 0.4) is 0 Å². The van der Waals surface area contributed by atoms with Crippen LogP contribution in [-0.2, 0) is 16.4 Å². The van der Waals surface area contributed by atoms with Gasteiger partial charge in [-0.1, -0.05) is 0 Å². The third-order valence-corrected chi connectivity index (χ3v) is 6.67. The lowest BCUT2D eigenvalue weighted by molar-refractivity contribution is 0.373. The Kier molecular flexibility index (Phi) is 6.48. The third-order valence-electron chi connectivity index (χ3n) is 4.80. The number of anilines is 1. The average Bonchev–Trinajstić information content (AvgIpc) is 2.94. The van der Waals surface area contributed by atoms with Gasteiger partial charge in [-0.15, -0.1) is 0 Å². The maximum atomic E-state index is 13.1. The predicted octanol–water partition coefficient (Wildman–Crippen LogP) is 1.00. The van der Waals surface area contributed by atoms with Crippen LogP contribution in [0.2, 0.25) is 0 Å². The second kappa shape index (κ2) is 8.85. The summed E-state index contributed by atoms with van der Waals surface area (Å²) in [7, 11) is 1.86. The van der Waals surface area contributed by atoms with Crippen LogP contribution in [0.4, 0.5) is 5.82 Å². The van der Waals surface area contributed by atoms with E-state index in [1.165, 1.54) is 0 Å². The molecule has 0 saturated carbocycles. The van der Waals surface area contributed by atoms with Crippen molar-refractivity contribution < 1.29 is 13.2 Å². The van der Waals surface area contributed by atoms with E-state index >= 15 is 0 Å². The number of hydrogen-bond donors (Lipinski definition) is 1. The standard InChI is InChI=1S/C19H27N5O3S/c1-23(2)19-11-16(21-14-22-19)10-15-12-20-8-9-24(13-15)28(25,26)18-6-4-17(27-3)5-7-18/h4-7,11,14-15,20H,8-10,12-13H2,1-3H3/t15-/m1/s1. The summed E-state index contributed by atoms with van der Waals surface area (Å²) in [5, 5.41) is 3.35. The zero-order chi connectivity index (χ0) is 20.1. The number of hydrogen-bond acceptors (Lipinski definition) is 7. The monoisotopic (exact) mass is 405 g/mol. The number of aromatic nitrogens is 2. The van der Waals surface area contributed by atoms with Crippen molar-refractivity contribution >= 4 is 15.8 Å². The highest BCUT2D eigenvalue weighted by Gasteiger charge is 2.29. The van der Waals surface area contributed by atoms with Crippen LogP contribution in [-0.4, -0.2) is 70.1 Å². The molecule has 0 amide bonds. The number of nitrogens with zero attached hydrogens (tertiary/aromatic N) is 4. The molecular weight excluding hydrogens is 378 g/mol. The van der Waals surface area contributed by atoms with E-state index in [0.29, 0.717) is 31.8 Å². The van der Waals surface area contributed by atoms with Gasteiger partial charge in [0.15, 0.2) is 0 Å². The fourth-order valence-electron chi connectivity index (χ4n) is 3.24. The zero-order valence-corrected chi connectivity index (χ0v) is 17.3. The quantitative estimate of drug-likeness (QED) is 0.767. The topological polar surface area (TPSA) is 87.7 Å². The minimum atomic E-state index is -3.56. The summed E-state index contributed by atoms with van der Waals surface area (Å²) in [6, 6.07) is 8.48. The molecule has 2 aromatic rings. The van der Waals surface area contributed by atoms with Gasteiger partial charge in [0.2, 0.25) is 10.0 Å². The van der Waals surface area contributed by atoms with Crippen molar-refractivity contribution in [2.45, 2.75) is 11.3 Å². The summed E-state index contributed by atoms with van der Waals surface area (Å²) in [5.74, 6) is 1.60. The van der Waals surface area contributed by atoms with Crippen molar-refractivity contribution in [3.05, 3.63) is 42.4 Å². The molecule has 1 aromatic carbocycles. The Morgan fingerprint density at radius 2 is 2.00 bits per heavy atom. The first-order valence-electron chi connectivity index (χ1n) is 9.23. The van der Waals surface area contributed by atoms with E-state index < -0.39 is 10.0 Å². The Bertz CT molecular complexity index is 887. The number of sulfonamides is 1. The lowest BCUT2D eigenvalue weighted by Gasteiger charge is -2.23. The van der Waals surface area contributed by atoms with Gasteiger partial charge in [0, 0.05) is 45.5 Å². The minimum Gasteiger partial charge on any atom is -0.497 e. The van der Waals surface area contributed by atoms with Gasteiger partial charge in [-0.3, -0.25) is 0 Å². The molecule has 0 aliphatic carbocycles. The summed E-state index contributed by atoms with van der Waals surface area (Å²) in [5.41, 5.74) is 0.911. The van der Waals surface area contributed by atoms with Crippen LogP contribution in [0.5, 0.6) is 5.75 Å². The van der Waals surface area contributed by atoms with Crippen LogP contribution >= 0.6 is 0 Å². The van der Waals surface area contributed by atoms with Crippen LogP contribution in [0, 0.1) is 5.92 Å². The highest BCUT2D eigenvalue weighted by Crippen LogP contribution is 2.22. The first-order chi connectivity index (χ1) is 13.4. The van der Waals surface area contributed by atoms with Gasteiger partial charge in [-0.2, -0.15) is 4.31 Å². The second-order valence-electron chi connectivity index (χ2n) is 7.07. The molecule has 1 saturated heterocycles. The fourth-order valence-corrected chi connectivity index (χ4v) is 4.76. The van der Waals surface area contributed by atoms with Crippen LogP contribution in [0.25, 0.3) is 0 Å². The molecular formula is C19H27N5O3S. The van der Waals surface area contributed by atoms with E-state index in [1.807, 2.05) is 25.1 Å². The molecule has 2 heterocycles. The van der Waals surface area contributed by atoms with Crippen molar-refractivity contribution in [3.63, 3.8) is 0 Å². The first-order valence-corrected chi connectivity index (χ1v) is 10.7. The summed E-state index contributed by atoms with van der Waals surface area (Å²) in [6.07, 6.45) is 2.24. The molecule has 1 aliphatic rings. The molecule has 28 heavy (non-hydrogen) atoms. The SMILES string of the molecule is COc1ccc(S(=O)(=O)N2CCNC[C@@H](Cc3cc(N(C)C)ncn3)C2)cc1. The third kappa shape index (κ3) is 4.78. The van der Waals surface area contributed by atoms with E-state index in [9.17, 15) is 8.42 Å². The van der Waals surface area contributed by atoms with E-state index in [2.05, 4.69) is 15.3 Å². The Morgan fingerprint density at radius 1 is 1.25 bits per heavy atom. The van der Waals surface area contributed by atoms with Crippen molar-refractivity contribution in [2.24, 2.45) is 5.92 Å². The fraction of sp³-hybridized carbons (Fsp3) is 0.474. The van der Waals surface area contributed by atoms with Gasteiger partial charge in [-0.05, 0) is 43.1 Å². The molecule has 0 unspecified atom stereocenters. The number of methoxy groups -OCH3 is 1. The number of nitrogens with one attached hydrogen (secondary N) is 1. The van der Waals surface area contributed by atoms with Crippen molar-refractivity contribution in [2.75, 3.05) is 52.3 Å². The van der Waals surface area contributed by atoms with E-state index in [0.717, 1.165) is 18.1 Å². The van der Waals surface area contributed by atoms with Crippen LogP contribution in [0.1, 0.15) is 5.69 Å². The Labute approximate surface area is 166 Å². The highest BCUT2D eigenvalue weighted by molar-refractivity contribution is 7.89. The second-order valence-corrected chi connectivity index (χ2v) is 9.01. The molecule has 0 bridgehead atoms. The molecule has 152 valence electrons. The van der Waals surface area contributed by atoms with Crippen LogP contribution < -0.4 is 15.0 Å². The Morgan fingerprint density at radius 3 is 2.68 bits per heavy atom. The Balaban J connectivity index is 1.76. The minimum absolute atomic E-state index is 0.125. The summed E-state index contributed by atoms with van der Waals surface area (Å²) >= 11 is 0. The maximum Gasteiger partial charge on any atom is 0.243 e.